The largest absolute Gasteiger partial charge is 0.354 e. The van der Waals surface area contributed by atoms with E-state index in [0.29, 0.717) is 29.2 Å². The van der Waals surface area contributed by atoms with Gasteiger partial charge in [-0.05, 0) is 73.5 Å². The summed E-state index contributed by atoms with van der Waals surface area (Å²) < 4.78 is 29.1. The van der Waals surface area contributed by atoms with E-state index in [1.807, 2.05) is 40.0 Å². The highest BCUT2D eigenvalue weighted by atomic mass is 35.5. The van der Waals surface area contributed by atoms with Gasteiger partial charge in [-0.2, -0.15) is 0 Å². The Morgan fingerprint density at radius 3 is 2.17 bits per heavy atom. The molecule has 3 aromatic rings. The minimum atomic E-state index is -4.13. The fourth-order valence-corrected chi connectivity index (χ4v) is 6.28. The van der Waals surface area contributed by atoms with Gasteiger partial charge in [-0.3, -0.25) is 13.9 Å². The van der Waals surface area contributed by atoms with Crippen LogP contribution in [0.1, 0.15) is 38.3 Å². The molecule has 0 spiro atoms. The van der Waals surface area contributed by atoms with Crippen LogP contribution >= 0.6 is 23.4 Å². The van der Waals surface area contributed by atoms with Crippen molar-refractivity contribution in [2.75, 3.05) is 23.7 Å². The standard InChI is InChI=1S/C31H38ClN3O4S2/c1-6-29(31(37)33-19-22(2)3)34(20-24-9-7-8-10-28(24)32)30(36)21-35(25-13-11-23(4)12-14-25)41(38,39)27-17-15-26(40-5)16-18-27/h7-18,22,29H,6,19-21H2,1-5H3,(H,33,37)/t29-/m1/s1. The lowest BCUT2D eigenvalue weighted by Crippen LogP contribution is -2.52. The molecule has 0 aliphatic heterocycles. The van der Waals surface area contributed by atoms with Gasteiger partial charge < -0.3 is 10.2 Å². The van der Waals surface area contributed by atoms with Crippen molar-refractivity contribution in [2.24, 2.45) is 5.92 Å². The van der Waals surface area contributed by atoms with Crippen molar-refractivity contribution in [3.05, 3.63) is 88.9 Å². The van der Waals surface area contributed by atoms with Gasteiger partial charge in [0.25, 0.3) is 10.0 Å². The van der Waals surface area contributed by atoms with Crippen LogP contribution in [-0.4, -0.2) is 50.5 Å². The lowest BCUT2D eigenvalue weighted by molar-refractivity contribution is -0.140. The van der Waals surface area contributed by atoms with Crippen LogP contribution in [0.4, 0.5) is 5.69 Å². The zero-order chi connectivity index (χ0) is 30.2. The summed E-state index contributed by atoms with van der Waals surface area (Å²) in [6.45, 7) is 7.73. The average Bonchev–Trinajstić information content (AvgIpc) is 2.96. The summed E-state index contributed by atoms with van der Waals surface area (Å²) in [6.07, 6.45) is 2.25. The molecule has 0 saturated carbocycles. The van der Waals surface area contributed by atoms with Gasteiger partial charge >= 0.3 is 0 Å². The van der Waals surface area contributed by atoms with E-state index >= 15 is 0 Å². The van der Waals surface area contributed by atoms with E-state index in [4.69, 9.17) is 11.6 Å². The molecule has 3 rings (SSSR count). The Balaban J connectivity index is 2.05. The van der Waals surface area contributed by atoms with Crippen LogP contribution in [-0.2, 0) is 26.2 Å². The van der Waals surface area contributed by atoms with Crippen LogP contribution in [0, 0.1) is 12.8 Å². The topological polar surface area (TPSA) is 86.8 Å². The summed E-state index contributed by atoms with van der Waals surface area (Å²) in [5, 5.41) is 3.39. The van der Waals surface area contributed by atoms with Crippen molar-refractivity contribution < 1.29 is 18.0 Å². The number of thioether (sulfide) groups is 1. The maximum Gasteiger partial charge on any atom is 0.264 e. The van der Waals surface area contributed by atoms with E-state index in [-0.39, 0.29) is 23.3 Å². The van der Waals surface area contributed by atoms with Gasteiger partial charge in [-0.25, -0.2) is 8.42 Å². The van der Waals surface area contributed by atoms with Crippen LogP contribution in [0.5, 0.6) is 0 Å². The molecule has 220 valence electrons. The second kappa shape index (κ2) is 14.8. The predicted octanol–water partition coefficient (Wildman–Crippen LogP) is 6.15. The molecule has 1 atom stereocenters. The highest BCUT2D eigenvalue weighted by Gasteiger charge is 2.34. The van der Waals surface area contributed by atoms with E-state index in [9.17, 15) is 18.0 Å². The maximum absolute atomic E-state index is 14.1. The van der Waals surface area contributed by atoms with Gasteiger partial charge in [0.1, 0.15) is 12.6 Å². The van der Waals surface area contributed by atoms with Crippen LogP contribution in [0.25, 0.3) is 0 Å². The van der Waals surface area contributed by atoms with Crippen LogP contribution in [0.15, 0.2) is 82.6 Å². The second-order valence-corrected chi connectivity index (χ2v) is 13.3. The number of rotatable bonds is 13. The monoisotopic (exact) mass is 615 g/mol. The highest BCUT2D eigenvalue weighted by Crippen LogP contribution is 2.27. The van der Waals surface area contributed by atoms with E-state index in [1.54, 1.807) is 66.7 Å². The number of hydrogen-bond donors (Lipinski definition) is 1. The van der Waals surface area contributed by atoms with Crippen LogP contribution in [0.2, 0.25) is 5.02 Å². The number of aryl methyl sites for hydroxylation is 1. The number of nitrogens with zero attached hydrogens (tertiary/aromatic N) is 2. The molecule has 7 nitrogen and oxygen atoms in total. The average molecular weight is 616 g/mol. The number of carbonyl (C=O) groups excluding carboxylic acids is 2. The van der Waals surface area contributed by atoms with Crippen molar-refractivity contribution in [2.45, 2.75) is 56.5 Å². The highest BCUT2D eigenvalue weighted by molar-refractivity contribution is 7.98. The van der Waals surface area contributed by atoms with Gasteiger partial charge in [0.2, 0.25) is 11.8 Å². The molecule has 3 aromatic carbocycles. The summed E-state index contributed by atoms with van der Waals surface area (Å²) in [6, 6.07) is 19.8. The summed E-state index contributed by atoms with van der Waals surface area (Å²) in [5.41, 5.74) is 1.97. The maximum atomic E-state index is 14.1. The molecular weight excluding hydrogens is 578 g/mol. The summed E-state index contributed by atoms with van der Waals surface area (Å²) in [5.74, 6) is -0.579. The minimum absolute atomic E-state index is 0.0519. The van der Waals surface area contributed by atoms with Crippen molar-refractivity contribution in [3.8, 4) is 0 Å². The van der Waals surface area contributed by atoms with Gasteiger partial charge in [0, 0.05) is 23.0 Å². The zero-order valence-corrected chi connectivity index (χ0v) is 26.5. The molecule has 0 aromatic heterocycles. The number of amides is 2. The lowest BCUT2D eigenvalue weighted by atomic mass is 10.1. The quantitative estimate of drug-likeness (QED) is 0.233. The van der Waals surface area contributed by atoms with Gasteiger partial charge in [-0.1, -0.05) is 68.3 Å². The molecule has 0 aliphatic rings. The number of sulfonamides is 1. The molecule has 0 saturated heterocycles. The number of benzene rings is 3. The number of hydrogen-bond acceptors (Lipinski definition) is 5. The fourth-order valence-electron chi connectivity index (χ4n) is 4.27. The minimum Gasteiger partial charge on any atom is -0.354 e. The van der Waals surface area contributed by atoms with Crippen molar-refractivity contribution in [1.82, 2.24) is 10.2 Å². The molecule has 2 amide bonds. The zero-order valence-electron chi connectivity index (χ0n) is 24.1. The molecule has 10 heteroatoms. The van der Waals surface area contributed by atoms with E-state index in [1.165, 1.54) is 16.7 Å². The fraction of sp³-hybridized carbons (Fsp3) is 0.355. The van der Waals surface area contributed by atoms with Crippen molar-refractivity contribution in [1.29, 1.82) is 0 Å². The second-order valence-electron chi connectivity index (χ2n) is 10.2. The molecule has 0 bridgehead atoms. The van der Waals surface area contributed by atoms with E-state index in [2.05, 4.69) is 5.32 Å². The summed E-state index contributed by atoms with van der Waals surface area (Å²) >= 11 is 7.96. The first kappa shape index (κ1) is 32.5. The Bertz CT molecular complexity index is 1430. The van der Waals surface area contributed by atoms with Gasteiger partial charge in [-0.15, -0.1) is 11.8 Å². The van der Waals surface area contributed by atoms with Crippen LogP contribution < -0.4 is 9.62 Å². The predicted molar refractivity (Wildman–Crippen MR) is 168 cm³/mol. The molecule has 41 heavy (non-hydrogen) atoms. The summed E-state index contributed by atoms with van der Waals surface area (Å²) in [4.78, 5) is 29.9. The SMILES string of the molecule is CC[C@H](C(=O)NCC(C)C)N(Cc1ccccc1Cl)C(=O)CN(c1ccc(C)cc1)S(=O)(=O)c1ccc(SC)cc1. The first-order valence-electron chi connectivity index (χ1n) is 13.5. The lowest BCUT2D eigenvalue weighted by Gasteiger charge is -2.33. The molecule has 0 heterocycles. The third kappa shape index (κ3) is 8.50. The Morgan fingerprint density at radius 2 is 1.61 bits per heavy atom. The number of anilines is 1. The van der Waals surface area contributed by atoms with E-state index < -0.39 is 28.5 Å². The number of nitrogens with one attached hydrogen (secondary N) is 1. The Labute approximate surface area is 253 Å². The molecule has 0 fully saturated rings. The smallest absolute Gasteiger partial charge is 0.264 e. The summed E-state index contributed by atoms with van der Waals surface area (Å²) in [7, 11) is -4.13. The normalized spacial score (nSPS) is 12.2. The first-order valence-corrected chi connectivity index (χ1v) is 16.6. The van der Waals surface area contributed by atoms with Crippen molar-refractivity contribution in [3.63, 3.8) is 0 Å². The Kier molecular flexibility index (Phi) is 11.7. The Hall–Kier alpha value is -3.01. The van der Waals surface area contributed by atoms with Gasteiger partial charge in [0.05, 0.1) is 10.6 Å². The molecule has 0 unspecified atom stereocenters. The third-order valence-electron chi connectivity index (χ3n) is 6.62. The van der Waals surface area contributed by atoms with Crippen LogP contribution in [0.3, 0.4) is 0 Å². The van der Waals surface area contributed by atoms with Gasteiger partial charge in [0.15, 0.2) is 0 Å². The number of carbonyl (C=O) groups is 2. The number of halogens is 1. The molecule has 0 aliphatic carbocycles. The Morgan fingerprint density at radius 1 is 0.976 bits per heavy atom. The van der Waals surface area contributed by atoms with Crippen molar-refractivity contribution >= 4 is 50.9 Å². The first-order chi connectivity index (χ1) is 19.5. The third-order valence-corrected chi connectivity index (χ3v) is 9.52. The molecular formula is C31H38ClN3O4S2. The van der Waals surface area contributed by atoms with E-state index in [0.717, 1.165) is 14.8 Å². The molecule has 0 radical (unpaired) electrons. The molecule has 1 N–H and O–H groups in total.